The third-order valence-corrected chi connectivity index (χ3v) is 5.60. The molecule has 11 heteroatoms. The number of aliphatic hydroxyl groups is 1. The molecule has 33 heavy (non-hydrogen) atoms. The second kappa shape index (κ2) is 11.8. The lowest BCUT2D eigenvalue weighted by molar-refractivity contribution is 0.00446. The molecule has 1 fully saturated rings. The number of aliphatic hydroxyl groups excluding tert-OH is 1. The number of hydrogen-bond acceptors (Lipinski definition) is 8. The Kier molecular flexibility index (Phi) is 9.04. The van der Waals surface area contributed by atoms with Crippen LogP contribution in [0.5, 0.6) is 11.5 Å². The SMILES string of the molecule is COc1cc2c(Nc3ccc(Br)cc3F)ncnc2cc1OCC(O)CN1CCOCC1.Cl. The van der Waals surface area contributed by atoms with Gasteiger partial charge in [-0.05, 0) is 24.3 Å². The minimum Gasteiger partial charge on any atom is -0.493 e. The predicted octanol–water partition coefficient (Wildman–Crippen LogP) is 3.78. The molecular weight excluding hydrogens is 519 g/mol. The number of aromatic nitrogens is 2. The number of anilines is 2. The quantitative estimate of drug-likeness (QED) is 0.444. The summed E-state index contributed by atoms with van der Waals surface area (Å²) in [6, 6.07) is 8.19. The van der Waals surface area contributed by atoms with Crippen LogP contribution in [0.3, 0.4) is 0 Å². The molecule has 3 aromatic rings. The summed E-state index contributed by atoms with van der Waals surface area (Å²) in [6.45, 7) is 3.55. The zero-order valence-electron chi connectivity index (χ0n) is 18.0. The summed E-state index contributed by atoms with van der Waals surface area (Å²) < 4.78 is 31.6. The van der Waals surface area contributed by atoms with Crippen molar-refractivity contribution in [2.24, 2.45) is 0 Å². The molecule has 2 heterocycles. The van der Waals surface area contributed by atoms with Crippen LogP contribution >= 0.6 is 28.3 Å². The molecule has 1 aromatic heterocycles. The van der Waals surface area contributed by atoms with E-state index in [0.717, 1.165) is 13.1 Å². The zero-order valence-corrected chi connectivity index (χ0v) is 20.4. The Morgan fingerprint density at radius 1 is 1.21 bits per heavy atom. The zero-order chi connectivity index (χ0) is 22.5. The fourth-order valence-electron chi connectivity index (χ4n) is 3.47. The van der Waals surface area contributed by atoms with E-state index >= 15 is 0 Å². The lowest BCUT2D eigenvalue weighted by Gasteiger charge is -2.28. The van der Waals surface area contributed by atoms with Gasteiger partial charge in [0.05, 0.1) is 31.5 Å². The van der Waals surface area contributed by atoms with E-state index in [-0.39, 0.29) is 19.0 Å². The molecule has 0 aliphatic carbocycles. The Bertz CT molecular complexity index is 1090. The van der Waals surface area contributed by atoms with Gasteiger partial charge in [0.1, 0.15) is 30.7 Å². The van der Waals surface area contributed by atoms with E-state index in [9.17, 15) is 9.50 Å². The highest BCUT2D eigenvalue weighted by Gasteiger charge is 2.17. The maximum Gasteiger partial charge on any atom is 0.163 e. The summed E-state index contributed by atoms with van der Waals surface area (Å²) in [6.07, 6.45) is 0.738. The van der Waals surface area contributed by atoms with Gasteiger partial charge in [-0.3, -0.25) is 4.90 Å². The summed E-state index contributed by atoms with van der Waals surface area (Å²) in [5.41, 5.74) is 0.886. The molecule has 1 aliphatic rings. The smallest absolute Gasteiger partial charge is 0.163 e. The molecule has 178 valence electrons. The van der Waals surface area contributed by atoms with E-state index in [1.165, 1.54) is 19.5 Å². The molecule has 0 bridgehead atoms. The number of β-amino-alcohol motifs (C(OH)–C–C–N with tert-alkyl or cyclic N) is 1. The van der Waals surface area contributed by atoms with Crippen molar-refractivity contribution in [2.45, 2.75) is 6.10 Å². The Morgan fingerprint density at radius 3 is 2.73 bits per heavy atom. The lowest BCUT2D eigenvalue weighted by atomic mass is 10.2. The van der Waals surface area contributed by atoms with Crippen LogP contribution in [0.25, 0.3) is 10.9 Å². The monoisotopic (exact) mass is 542 g/mol. The highest BCUT2D eigenvalue weighted by molar-refractivity contribution is 9.10. The molecule has 0 saturated carbocycles. The fraction of sp³-hybridized carbons (Fsp3) is 0.364. The number of benzene rings is 2. The minimum atomic E-state index is -0.656. The van der Waals surface area contributed by atoms with Crippen molar-refractivity contribution in [3.8, 4) is 11.5 Å². The Morgan fingerprint density at radius 2 is 2.00 bits per heavy atom. The molecule has 1 saturated heterocycles. The Balaban J connectivity index is 0.00000306. The number of morpholine rings is 1. The molecule has 2 N–H and O–H groups in total. The van der Waals surface area contributed by atoms with E-state index in [2.05, 4.69) is 36.1 Å². The van der Waals surface area contributed by atoms with Gasteiger partial charge in [-0.1, -0.05) is 15.9 Å². The van der Waals surface area contributed by atoms with E-state index in [1.807, 2.05) is 0 Å². The molecule has 4 rings (SSSR count). The summed E-state index contributed by atoms with van der Waals surface area (Å²) in [7, 11) is 1.53. The van der Waals surface area contributed by atoms with Gasteiger partial charge in [-0.25, -0.2) is 14.4 Å². The van der Waals surface area contributed by atoms with Gasteiger partial charge in [-0.2, -0.15) is 0 Å². The molecule has 1 aliphatic heterocycles. The van der Waals surface area contributed by atoms with Gasteiger partial charge in [-0.15, -0.1) is 12.4 Å². The van der Waals surface area contributed by atoms with E-state index in [1.54, 1.807) is 24.3 Å². The molecule has 8 nitrogen and oxygen atoms in total. The maximum atomic E-state index is 14.3. The van der Waals surface area contributed by atoms with E-state index in [0.29, 0.717) is 58.1 Å². The summed E-state index contributed by atoms with van der Waals surface area (Å²) in [4.78, 5) is 10.7. The van der Waals surface area contributed by atoms with Gasteiger partial charge in [0.15, 0.2) is 11.5 Å². The van der Waals surface area contributed by atoms with Crippen LogP contribution in [0.4, 0.5) is 15.9 Å². The van der Waals surface area contributed by atoms with Crippen LogP contribution in [0, 0.1) is 5.82 Å². The van der Waals surface area contributed by atoms with Crippen LogP contribution in [0.15, 0.2) is 41.1 Å². The molecule has 1 unspecified atom stereocenters. The van der Waals surface area contributed by atoms with Crippen molar-refractivity contribution in [3.63, 3.8) is 0 Å². The van der Waals surface area contributed by atoms with Crippen LogP contribution in [0.2, 0.25) is 0 Å². The first kappa shape index (κ1) is 25.4. The molecule has 0 amide bonds. The van der Waals surface area contributed by atoms with Crippen molar-refractivity contribution >= 4 is 50.7 Å². The number of fused-ring (bicyclic) bond motifs is 1. The van der Waals surface area contributed by atoms with Crippen LogP contribution < -0.4 is 14.8 Å². The number of methoxy groups -OCH3 is 1. The van der Waals surface area contributed by atoms with Crippen molar-refractivity contribution in [1.29, 1.82) is 0 Å². The number of hydrogen-bond donors (Lipinski definition) is 2. The fourth-order valence-corrected chi connectivity index (χ4v) is 3.81. The van der Waals surface area contributed by atoms with Gasteiger partial charge in [0, 0.05) is 35.6 Å². The summed E-state index contributed by atoms with van der Waals surface area (Å²) >= 11 is 3.25. The first-order chi connectivity index (χ1) is 15.5. The van der Waals surface area contributed by atoms with Crippen LogP contribution in [-0.2, 0) is 4.74 Å². The van der Waals surface area contributed by atoms with Crippen LogP contribution in [0.1, 0.15) is 0 Å². The minimum absolute atomic E-state index is 0. The third kappa shape index (κ3) is 6.42. The summed E-state index contributed by atoms with van der Waals surface area (Å²) in [5.74, 6) is 0.950. The topological polar surface area (TPSA) is 89.0 Å². The Hall–Kier alpha value is -2.24. The second-order valence-corrected chi connectivity index (χ2v) is 8.29. The largest absolute Gasteiger partial charge is 0.493 e. The normalized spacial score (nSPS) is 15.0. The van der Waals surface area contributed by atoms with Gasteiger partial charge in [0.25, 0.3) is 0 Å². The number of rotatable bonds is 8. The van der Waals surface area contributed by atoms with Crippen molar-refractivity contribution in [3.05, 3.63) is 46.9 Å². The predicted molar refractivity (Wildman–Crippen MR) is 129 cm³/mol. The molecular formula is C22H25BrClFN4O4. The van der Waals surface area contributed by atoms with Gasteiger partial charge >= 0.3 is 0 Å². The highest BCUT2D eigenvalue weighted by atomic mass is 79.9. The van der Waals surface area contributed by atoms with Crippen molar-refractivity contribution in [2.75, 3.05) is 51.9 Å². The Labute approximate surface area is 205 Å². The standard InChI is InChI=1S/C22H24BrFN4O4.ClH/c1-30-20-9-16-19(10-21(20)32-12-15(29)11-28-4-6-31-7-5-28)25-13-26-22(16)27-18-3-2-14(23)8-17(18)24;/h2-3,8-10,13,15,29H,4-7,11-12H2,1H3,(H,25,26,27);1H. The van der Waals surface area contributed by atoms with Gasteiger partial charge < -0.3 is 24.6 Å². The first-order valence-electron chi connectivity index (χ1n) is 10.2. The van der Waals surface area contributed by atoms with Crippen molar-refractivity contribution in [1.82, 2.24) is 14.9 Å². The molecule has 1 atom stereocenters. The van der Waals surface area contributed by atoms with E-state index < -0.39 is 11.9 Å². The third-order valence-electron chi connectivity index (χ3n) is 5.11. The second-order valence-electron chi connectivity index (χ2n) is 7.37. The average molecular weight is 544 g/mol. The average Bonchev–Trinajstić information content (AvgIpc) is 2.79. The van der Waals surface area contributed by atoms with Crippen LogP contribution in [-0.4, -0.2) is 72.6 Å². The number of nitrogens with zero attached hydrogens (tertiary/aromatic N) is 3. The molecule has 2 aromatic carbocycles. The van der Waals surface area contributed by atoms with Gasteiger partial charge in [0.2, 0.25) is 0 Å². The number of nitrogens with one attached hydrogen (secondary N) is 1. The number of halogens is 3. The molecule has 0 spiro atoms. The summed E-state index contributed by atoms with van der Waals surface area (Å²) in [5, 5.41) is 14.0. The number of ether oxygens (including phenoxy) is 3. The van der Waals surface area contributed by atoms with E-state index in [4.69, 9.17) is 14.2 Å². The molecule has 0 radical (unpaired) electrons. The highest BCUT2D eigenvalue weighted by Crippen LogP contribution is 2.35. The first-order valence-corrected chi connectivity index (χ1v) is 11.0. The van der Waals surface area contributed by atoms with Crippen molar-refractivity contribution < 1.29 is 23.7 Å². The lowest BCUT2D eigenvalue weighted by Crippen LogP contribution is -2.42. The maximum absolute atomic E-state index is 14.3.